The summed E-state index contributed by atoms with van der Waals surface area (Å²) in [5, 5.41) is 5.56. The van der Waals surface area contributed by atoms with Crippen LogP contribution in [0.4, 0.5) is 5.69 Å². The van der Waals surface area contributed by atoms with Crippen molar-refractivity contribution < 1.29 is 18.0 Å². The van der Waals surface area contributed by atoms with Gasteiger partial charge in [0.25, 0.3) is 21.8 Å². The fraction of sp³-hybridized carbons (Fsp3) is 0.174. The van der Waals surface area contributed by atoms with Crippen LogP contribution in [-0.4, -0.2) is 51.3 Å². The number of benzene rings is 2. The van der Waals surface area contributed by atoms with Crippen LogP contribution < -0.4 is 10.6 Å². The topological polar surface area (TPSA) is 108 Å². The van der Waals surface area contributed by atoms with Gasteiger partial charge in [-0.3, -0.25) is 9.59 Å². The average Bonchev–Trinajstić information content (AvgIpc) is 3.22. The van der Waals surface area contributed by atoms with E-state index in [1.54, 1.807) is 79.7 Å². The summed E-state index contributed by atoms with van der Waals surface area (Å²) in [6.07, 6.45) is 1.02. The fourth-order valence-electron chi connectivity index (χ4n) is 3.05. The van der Waals surface area contributed by atoms with Crippen LogP contribution in [0, 0.1) is 0 Å². The lowest BCUT2D eigenvalue weighted by atomic mass is 10.1. The summed E-state index contributed by atoms with van der Waals surface area (Å²) in [4.78, 5) is 27.8. The zero-order chi connectivity index (χ0) is 24.9. The number of amidine groups is 1. The zero-order valence-corrected chi connectivity index (χ0v) is 21.0. The van der Waals surface area contributed by atoms with Crippen molar-refractivity contribution in [3.63, 3.8) is 0 Å². The molecule has 3 rings (SSSR count). The molecule has 1 atom stereocenters. The van der Waals surface area contributed by atoms with Crippen molar-refractivity contribution >= 4 is 56.3 Å². The number of amides is 2. The van der Waals surface area contributed by atoms with Crippen molar-refractivity contribution in [3.05, 3.63) is 87.1 Å². The van der Waals surface area contributed by atoms with Crippen LogP contribution in [0.25, 0.3) is 0 Å². The number of nitrogens with zero attached hydrogens (tertiary/aromatic N) is 2. The third kappa shape index (κ3) is 6.89. The van der Waals surface area contributed by atoms with Crippen molar-refractivity contribution in [2.75, 3.05) is 25.7 Å². The number of halogens is 1. The molecule has 0 aliphatic rings. The molecule has 2 aromatic carbocycles. The number of anilines is 1. The Morgan fingerprint density at radius 2 is 1.65 bits per heavy atom. The van der Waals surface area contributed by atoms with Gasteiger partial charge in [-0.1, -0.05) is 41.9 Å². The lowest BCUT2D eigenvalue weighted by Crippen LogP contribution is -2.36. The summed E-state index contributed by atoms with van der Waals surface area (Å²) >= 11 is 7.05. The van der Waals surface area contributed by atoms with Gasteiger partial charge in [0.2, 0.25) is 0 Å². The summed E-state index contributed by atoms with van der Waals surface area (Å²) in [6.45, 7) is 0. The normalized spacial score (nSPS) is 12.6. The maximum Gasteiger partial charge on any atom is 0.262 e. The Morgan fingerprint density at radius 1 is 1.00 bits per heavy atom. The van der Waals surface area contributed by atoms with Crippen LogP contribution in [-0.2, 0) is 14.8 Å². The predicted molar refractivity (Wildman–Crippen MR) is 136 cm³/mol. The number of sulfonamides is 1. The summed E-state index contributed by atoms with van der Waals surface area (Å²) < 4.78 is 27.5. The second-order valence-corrected chi connectivity index (χ2v) is 10.9. The van der Waals surface area contributed by atoms with Crippen LogP contribution in [0.2, 0.25) is 4.34 Å². The molecule has 2 N–H and O–H groups in total. The van der Waals surface area contributed by atoms with Gasteiger partial charge < -0.3 is 15.5 Å². The third-order valence-electron chi connectivity index (χ3n) is 4.55. The number of hydrogen-bond donors (Lipinski definition) is 2. The highest BCUT2D eigenvalue weighted by Gasteiger charge is 2.24. The van der Waals surface area contributed by atoms with Crippen molar-refractivity contribution in [2.45, 2.75) is 6.04 Å². The molecule has 0 saturated carbocycles. The highest BCUT2D eigenvalue weighted by Crippen LogP contribution is 2.23. The largest absolute Gasteiger partial charge is 0.362 e. The van der Waals surface area contributed by atoms with E-state index in [2.05, 4.69) is 15.0 Å². The lowest BCUT2D eigenvalue weighted by Gasteiger charge is -2.19. The first kappa shape index (κ1) is 25.4. The number of carbonyl (C=O) groups is 2. The zero-order valence-electron chi connectivity index (χ0n) is 18.7. The van der Waals surface area contributed by atoms with E-state index in [1.807, 2.05) is 6.07 Å². The van der Waals surface area contributed by atoms with Crippen LogP contribution in [0.15, 0.2) is 71.1 Å². The van der Waals surface area contributed by atoms with Gasteiger partial charge in [-0.25, -0.2) is 8.42 Å². The number of thiophene rings is 1. The van der Waals surface area contributed by atoms with E-state index >= 15 is 0 Å². The van der Waals surface area contributed by atoms with Crippen LogP contribution in [0.1, 0.15) is 26.8 Å². The van der Waals surface area contributed by atoms with E-state index in [9.17, 15) is 18.0 Å². The Balaban J connectivity index is 1.82. The van der Waals surface area contributed by atoms with E-state index in [1.165, 1.54) is 0 Å². The van der Waals surface area contributed by atoms with Gasteiger partial charge in [0, 0.05) is 25.3 Å². The average molecular weight is 519 g/mol. The molecule has 0 spiro atoms. The van der Waals surface area contributed by atoms with Gasteiger partial charge in [0.05, 0.1) is 15.5 Å². The Morgan fingerprint density at radius 3 is 2.18 bits per heavy atom. The first-order valence-electron chi connectivity index (χ1n) is 10.0. The molecule has 0 radical (unpaired) electrons. The molecular formula is C23H23ClN4O4S2. The first-order chi connectivity index (χ1) is 16.0. The molecule has 1 heterocycles. The van der Waals surface area contributed by atoms with Crippen LogP contribution in [0.5, 0.6) is 0 Å². The Labute approximate surface area is 207 Å². The summed E-state index contributed by atoms with van der Waals surface area (Å²) in [5.41, 5.74) is 1.65. The maximum absolute atomic E-state index is 13.1. The maximum atomic E-state index is 13.1. The number of hydrogen-bond acceptors (Lipinski definition) is 5. The van der Waals surface area contributed by atoms with E-state index in [0.29, 0.717) is 26.0 Å². The molecule has 3 aromatic rings. The van der Waals surface area contributed by atoms with Crippen molar-refractivity contribution in [1.82, 2.24) is 10.2 Å². The monoisotopic (exact) mass is 518 g/mol. The molecule has 1 aromatic heterocycles. The molecule has 178 valence electrons. The van der Waals surface area contributed by atoms with Crippen LogP contribution >= 0.6 is 22.9 Å². The quantitative estimate of drug-likeness (QED) is 0.365. The molecule has 34 heavy (non-hydrogen) atoms. The second-order valence-electron chi connectivity index (χ2n) is 7.53. The van der Waals surface area contributed by atoms with Gasteiger partial charge in [0.15, 0.2) is 0 Å². The number of nitrogens with one attached hydrogen (secondary N) is 2. The van der Waals surface area contributed by atoms with Gasteiger partial charge >= 0.3 is 0 Å². The fourth-order valence-corrected chi connectivity index (χ4v) is 4.58. The van der Waals surface area contributed by atoms with Crippen LogP contribution in [0.3, 0.4) is 0 Å². The SMILES string of the molecule is CN(C)C(=NS(C)(=O)=O)c1ccc(NC(=O)C(NC(=O)c2ccc(Cl)s2)c2ccccc2)cc1. The van der Waals surface area contributed by atoms with E-state index in [-0.39, 0.29) is 5.84 Å². The van der Waals surface area contributed by atoms with Gasteiger partial charge in [-0.2, -0.15) is 0 Å². The van der Waals surface area contributed by atoms with E-state index in [4.69, 9.17) is 11.6 Å². The molecule has 0 saturated heterocycles. The summed E-state index contributed by atoms with van der Waals surface area (Å²) in [6, 6.07) is 17.7. The van der Waals surface area contributed by atoms with Crippen molar-refractivity contribution in [2.24, 2.45) is 4.40 Å². The summed E-state index contributed by atoms with van der Waals surface area (Å²) in [5.74, 6) is -0.583. The van der Waals surface area contributed by atoms with Gasteiger partial charge in [-0.15, -0.1) is 15.7 Å². The number of rotatable bonds is 7. The predicted octanol–water partition coefficient (Wildman–Crippen LogP) is 3.78. The molecule has 0 bridgehead atoms. The smallest absolute Gasteiger partial charge is 0.262 e. The molecule has 0 aliphatic heterocycles. The molecule has 2 amide bonds. The van der Waals surface area contributed by atoms with E-state index < -0.39 is 27.9 Å². The first-order valence-corrected chi connectivity index (χ1v) is 13.1. The van der Waals surface area contributed by atoms with Gasteiger partial charge in [0.1, 0.15) is 11.9 Å². The molecule has 11 heteroatoms. The summed E-state index contributed by atoms with van der Waals surface area (Å²) in [7, 11) is -0.215. The Hall–Kier alpha value is -3.21. The standard InChI is InChI=1S/C23H23ClN4O4S2/c1-28(2)21(27-34(3,31)32)16-9-11-17(12-10-16)25-23(30)20(15-7-5-4-6-8-15)26-22(29)18-13-14-19(24)33-18/h4-14,20H,1-3H3,(H,25,30)(H,26,29). The van der Waals surface area contributed by atoms with E-state index in [0.717, 1.165) is 17.6 Å². The highest BCUT2D eigenvalue weighted by atomic mass is 35.5. The molecule has 0 aliphatic carbocycles. The minimum atomic E-state index is -3.59. The molecule has 1 unspecified atom stereocenters. The van der Waals surface area contributed by atoms with Gasteiger partial charge in [-0.05, 0) is 42.0 Å². The minimum absolute atomic E-state index is 0.268. The van der Waals surface area contributed by atoms with Crippen molar-refractivity contribution in [1.29, 1.82) is 0 Å². The molecule has 0 fully saturated rings. The lowest BCUT2D eigenvalue weighted by molar-refractivity contribution is -0.118. The minimum Gasteiger partial charge on any atom is -0.362 e. The Kier molecular flexibility index (Phi) is 8.08. The second kappa shape index (κ2) is 10.8. The Bertz CT molecular complexity index is 1300. The van der Waals surface area contributed by atoms with Crippen molar-refractivity contribution in [3.8, 4) is 0 Å². The number of carbonyl (C=O) groups excluding carboxylic acids is 2. The molecule has 8 nitrogen and oxygen atoms in total. The molecular weight excluding hydrogens is 496 g/mol. The highest BCUT2D eigenvalue weighted by molar-refractivity contribution is 7.89. The third-order valence-corrected chi connectivity index (χ3v) is 6.29.